The fourth-order valence-corrected chi connectivity index (χ4v) is 9.08. The predicted octanol–water partition coefficient (Wildman–Crippen LogP) is 5.32. The van der Waals surface area contributed by atoms with Crippen LogP contribution in [-0.2, 0) is 22.7 Å². The number of benzene rings is 1. The largest absolute Gasteiger partial charge is 0.465 e. The molecule has 2 unspecified atom stereocenters. The fourth-order valence-electron chi connectivity index (χ4n) is 8.44. The van der Waals surface area contributed by atoms with Crippen molar-refractivity contribution in [2.24, 2.45) is 11.3 Å². The highest BCUT2D eigenvalue weighted by Crippen LogP contribution is 2.44. The molecule has 4 fully saturated rings. The number of carbonyl (C=O) groups excluding carboxylic acids is 2. The van der Waals surface area contributed by atoms with E-state index >= 15 is 0 Å². The molecule has 2 saturated carbocycles. The Bertz CT molecular complexity index is 1290. The van der Waals surface area contributed by atoms with Gasteiger partial charge in [-0.05, 0) is 73.4 Å². The van der Waals surface area contributed by atoms with Gasteiger partial charge in [-0.25, -0.2) is 4.79 Å². The van der Waals surface area contributed by atoms with Crippen molar-refractivity contribution >= 4 is 29.2 Å². The summed E-state index contributed by atoms with van der Waals surface area (Å²) in [4.78, 5) is 46.5. The number of piperazine rings is 1. The molecule has 4 aliphatic rings. The number of hydrogen-bond donors (Lipinski definition) is 3. The first-order valence-electron chi connectivity index (χ1n) is 17.5. The van der Waals surface area contributed by atoms with Crippen LogP contribution in [0.25, 0.3) is 0 Å². The Balaban J connectivity index is 1.11. The molecule has 2 aromatic rings. The van der Waals surface area contributed by atoms with Crippen LogP contribution in [0.1, 0.15) is 81.1 Å². The van der Waals surface area contributed by atoms with E-state index in [0.717, 1.165) is 56.6 Å². The highest BCUT2D eigenvalue weighted by molar-refractivity contribution is 7.09. The number of amides is 3. The van der Waals surface area contributed by atoms with Crippen molar-refractivity contribution in [2.75, 3.05) is 32.7 Å². The minimum Gasteiger partial charge on any atom is -0.465 e. The Morgan fingerprint density at radius 2 is 1.72 bits per heavy atom. The van der Waals surface area contributed by atoms with E-state index in [-0.39, 0.29) is 43.5 Å². The third-order valence-electron chi connectivity index (χ3n) is 11.1. The second kappa shape index (κ2) is 15.3. The first-order chi connectivity index (χ1) is 22.4. The van der Waals surface area contributed by atoms with E-state index in [9.17, 15) is 19.5 Å². The molecular formula is C36H51N5O4S. The second-order valence-electron chi connectivity index (χ2n) is 14.3. The number of thiophene rings is 1. The molecular weight excluding hydrogens is 598 g/mol. The van der Waals surface area contributed by atoms with Gasteiger partial charge in [0.15, 0.2) is 0 Å². The first-order valence-corrected chi connectivity index (χ1v) is 18.4. The van der Waals surface area contributed by atoms with Crippen LogP contribution >= 0.6 is 11.3 Å². The van der Waals surface area contributed by atoms with Crippen LogP contribution in [0.15, 0.2) is 47.8 Å². The van der Waals surface area contributed by atoms with Gasteiger partial charge in [0.05, 0.1) is 19.1 Å². The smallest absolute Gasteiger partial charge is 0.407 e. The van der Waals surface area contributed by atoms with Gasteiger partial charge < -0.3 is 25.5 Å². The van der Waals surface area contributed by atoms with Gasteiger partial charge in [0, 0.05) is 37.1 Å². The number of nitrogens with one attached hydrogen (secondary N) is 2. The molecule has 3 amide bonds. The molecule has 0 bridgehead atoms. The van der Waals surface area contributed by atoms with Crippen LogP contribution in [0.5, 0.6) is 0 Å². The Labute approximate surface area is 277 Å². The summed E-state index contributed by atoms with van der Waals surface area (Å²) in [6.07, 6.45) is 11.4. The molecule has 0 radical (unpaired) electrons. The summed E-state index contributed by atoms with van der Waals surface area (Å²) < 4.78 is 0. The van der Waals surface area contributed by atoms with Gasteiger partial charge in [-0.3, -0.25) is 14.5 Å². The van der Waals surface area contributed by atoms with E-state index in [2.05, 4.69) is 45.9 Å². The minimum absolute atomic E-state index is 0.00107. The SMILES string of the molecule is O=C(NCc1cccs1)C1CN(C(=O)O)CCN1C(=O)C(CC1CCCCC1)NC1CCC2(CC1)CCN(Cc1ccccc1)C2. The summed E-state index contributed by atoms with van der Waals surface area (Å²) in [5.41, 5.74) is 1.75. The maximum atomic E-state index is 14.4. The number of rotatable bonds is 10. The number of carbonyl (C=O) groups is 3. The van der Waals surface area contributed by atoms with Gasteiger partial charge >= 0.3 is 6.09 Å². The summed E-state index contributed by atoms with van der Waals surface area (Å²) in [7, 11) is 0. The summed E-state index contributed by atoms with van der Waals surface area (Å²) >= 11 is 1.56. The van der Waals surface area contributed by atoms with Crippen molar-refractivity contribution in [2.45, 2.75) is 102 Å². The molecule has 10 heteroatoms. The van der Waals surface area contributed by atoms with Gasteiger partial charge in [-0.15, -0.1) is 11.3 Å². The van der Waals surface area contributed by atoms with Gasteiger partial charge in [-0.2, -0.15) is 0 Å². The van der Waals surface area contributed by atoms with Crippen LogP contribution in [0.4, 0.5) is 4.79 Å². The molecule has 9 nitrogen and oxygen atoms in total. The highest BCUT2D eigenvalue weighted by atomic mass is 32.1. The van der Waals surface area contributed by atoms with Crippen LogP contribution in [0, 0.1) is 11.3 Å². The number of hydrogen-bond acceptors (Lipinski definition) is 6. The van der Waals surface area contributed by atoms with E-state index in [1.165, 1.54) is 49.0 Å². The van der Waals surface area contributed by atoms with Crippen molar-refractivity contribution < 1.29 is 19.5 Å². The zero-order chi connectivity index (χ0) is 31.9. The molecule has 1 aromatic heterocycles. The average molecular weight is 650 g/mol. The van der Waals surface area contributed by atoms with E-state index in [1.807, 2.05) is 17.5 Å². The molecule has 2 atom stereocenters. The summed E-state index contributed by atoms with van der Waals surface area (Å²) in [5.74, 6) is 0.171. The molecule has 6 rings (SSSR count). The molecule has 2 aliphatic carbocycles. The third kappa shape index (κ3) is 8.30. The van der Waals surface area contributed by atoms with Gasteiger partial charge in [0.25, 0.3) is 0 Å². The molecule has 1 aromatic carbocycles. The standard InChI is InChI=1S/C36H51N5O4S/c42-33(37-23-30-12-7-21-46-30)32-25-40(35(44)45)19-20-41(32)34(43)31(22-27-8-3-1-4-9-27)38-29-13-15-36(16-14-29)17-18-39(26-36)24-28-10-5-2-6-11-28/h2,5-7,10-12,21,27,29,31-32,38H,1,3-4,8-9,13-20,22-26H2,(H,37,42)(H,44,45). The lowest BCUT2D eigenvalue weighted by molar-refractivity contribution is -0.145. The Hall–Kier alpha value is -2.95. The lowest BCUT2D eigenvalue weighted by Crippen LogP contribution is -2.64. The monoisotopic (exact) mass is 649 g/mol. The van der Waals surface area contributed by atoms with E-state index in [4.69, 9.17) is 0 Å². The quantitative estimate of drug-likeness (QED) is 0.322. The lowest BCUT2D eigenvalue weighted by atomic mass is 9.71. The molecule has 3 N–H and O–H groups in total. The van der Waals surface area contributed by atoms with Crippen molar-refractivity contribution in [1.82, 2.24) is 25.3 Å². The van der Waals surface area contributed by atoms with Crippen LogP contribution in [0.3, 0.4) is 0 Å². The van der Waals surface area contributed by atoms with Crippen molar-refractivity contribution in [3.05, 3.63) is 58.3 Å². The van der Waals surface area contributed by atoms with E-state index < -0.39 is 12.1 Å². The van der Waals surface area contributed by atoms with Gasteiger partial charge in [-0.1, -0.05) is 68.5 Å². The van der Waals surface area contributed by atoms with E-state index in [0.29, 0.717) is 17.9 Å². The van der Waals surface area contributed by atoms with Crippen molar-refractivity contribution in [3.8, 4) is 0 Å². The zero-order valence-electron chi connectivity index (χ0n) is 27.1. The number of likely N-dealkylation sites (tertiary alicyclic amines) is 1. The summed E-state index contributed by atoms with van der Waals surface area (Å²) in [6, 6.07) is 13.7. The highest BCUT2D eigenvalue weighted by Gasteiger charge is 2.43. The second-order valence-corrected chi connectivity index (χ2v) is 15.3. The molecule has 3 heterocycles. The maximum absolute atomic E-state index is 14.4. The van der Waals surface area contributed by atoms with Crippen molar-refractivity contribution in [1.29, 1.82) is 0 Å². The lowest BCUT2D eigenvalue weighted by Gasteiger charge is -2.43. The molecule has 250 valence electrons. The first kappa shape index (κ1) is 33.0. The maximum Gasteiger partial charge on any atom is 0.407 e. The van der Waals surface area contributed by atoms with Crippen molar-refractivity contribution in [3.63, 3.8) is 0 Å². The molecule has 1 spiro atoms. The number of nitrogens with zero attached hydrogens (tertiary/aromatic N) is 3. The van der Waals surface area contributed by atoms with Crippen LogP contribution in [-0.4, -0.2) is 88.6 Å². The Morgan fingerprint density at radius 1 is 0.935 bits per heavy atom. The minimum atomic E-state index is -1.05. The normalized spacial score (nSPS) is 26.7. The Morgan fingerprint density at radius 3 is 2.43 bits per heavy atom. The van der Waals surface area contributed by atoms with Crippen LogP contribution < -0.4 is 10.6 Å². The zero-order valence-corrected chi connectivity index (χ0v) is 27.9. The summed E-state index contributed by atoms with van der Waals surface area (Å²) in [5, 5.41) is 18.5. The predicted molar refractivity (Wildman–Crippen MR) is 180 cm³/mol. The average Bonchev–Trinajstić information content (AvgIpc) is 3.75. The molecule has 46 heavy (non-hydrogen) atoms. The van der Waals surface area contributed by atoms with Crippen LogP contribution in [0.2, 0.25) is 0 Å². The van der Waals surface area contributed by atoms with E-state index in [1.54, 1.807) is 16.2 Å². The van der Waals surface area contributed by atoms with Gasteiger partial charge in [0.2, 0.25) is 11.8 Å². The molecule has 2 saturated heterocycles. The topological polar surface area (TPSA) is 105 Å². The Kier molecular flexibility index (Phi) is 11.0. The summed E-state index contributed by atoms with van der Waals surface area (Å²) in [6.45, 7) is 4.13. The third-order valence-corrected chi connectivity index (χ3v) is 12.0. The van der Waals surface area contributed by atoms with Gasteiger partial charge in [0.1, 0.15) is 6.04 Å². The fraction of sp³-hybridized carbons (Fsp3) is 0.639. The number of carboxylic acid groups (broad SMARTS) is 1. The molecule has 2 aliphatic heterocycles.